The number of para-hydroxylation sites is 3. The molecule has 27 heavy (non-hydrogen) atoms. The van der Waals surface area contributed by atoms with Crippen molar-refractivity contribution in [3.63, 3.8) is 0 Å². The number of benzene rings is 4. The first-order valence-electron chi connectivity index (χ1n) is 8.77. The monoisotopic (exact) mass is 371 g/mol. The van der Waals surface area contributed by atoms with Gasteiger partial charge in [0, 0.05) is 26.9 Å². The number of nitrogens with zero attached hydrogens (tertiary/aromatic N) is 1. The summed E-state index contributed by atoms with van der Waals surface area (Å²) in [5.41, 5.74) is 4.35. The van der Waals surface area contributed by atoms with Crippen molar-refractivity contribution >= 4 is 33.4 Å². The molecule has 130 valence electrons. The van der Waals surface area contributed by atoms with E-state index in [2.05, 4.69) is 0 Å². The average molecular weight is 372 g/mol. The van der Waals surface area contributed by atoms with Crippen molar-refractivity contribution in [1.29, 1.82) is 0 Å². The topological polar surface area (TPSA) is 4.93 Å². The van der Waals surface area contributed by atoms with Crippen LogP contribution in [0.3, 0.4) is 0 Å². The molecular formula is C24H15ClFN. The van der Waals surface area contributed by atoms with Crippen molar-refractivity contribution in [3.05, 3.63) is 102 Å². The Morgan fingerprint density at radius 2 is 1.30 bits per heavy atom. The van der Waals surface area contributed by atoms with Crippen LogP contribution in [0, 0.1) is 5.82 Å². The third-order valence-corrected chi connectivity index (χ3v) is 5.28. The van der Waals surface area contributed by atoms with Gasteiger partial charge in [-0.15, -0.1) is 0 Å². The standard InChI is InChI=1S/C24H15ClFN/c25-20-12-4-1-8-16(20)17-9-2-5-14-22(17)27-23-15-6-3-10-18(23)19-11-7-13-21(26)24(19)27/h1-15H. The fourth-order valence-corrected chi connectivity index (χ4v) is 4.04. The van der Waals surface area contributed by atoms with Gasteiger partial charge in [-0.05, 0) is 24.3 Å². The van der Waals surface area contributed by atoms with Crippen LogP contribution in [-0.4, -0.2) is 4.57 Å². The first kappa shape index (κ1) is 16.1. The van der Waals surface area contributed by atoms with Crippen LogP contribution in [0.25, 0.3) is 38.6 Å². The van der Waals surface area contributed by atoms with Gasteiger partial charge in [-0.3, -0.25) is 0 Å². The van der Waals surface area contributed by atoms with Crippen LogP contribution >= 0.6 is 11.6 Å². The molecule has 0 fully saturated rings. The van der Waals surface area contributed by atoms with Gasteiger partial charge in [0.2, 0.25) is 0 Å². The summed E-state index contributed by atoms with van der Waals surface area (Å²) in [6, 6.07) is 29.0. The number of halogens is 2. The van der Waals surface area contributed by atoms with Gasteiger partial charge < -0.3 is 4.57 Å². The van der Waals surface area contributed by atoms with Crippen LogP contribution in [0.5, 0.6) is 0 Å². The zero-order valence-electron chi connectivity index (χ0n) is 14.4. The molecule has 5 aromatic rings. The Morgan fingerprint density at radius 1 is 0.630 bits per heavy atom. The van der Waals surface area contributed by atoms with E-state index in [4.69, 9.17) is 11.6 Å². The minimum Gasteiger partial charge on any atom is -0.306 e. The Labute approximate surface area is 161 Å². The number of fused-ring (bicyclic) bond motifs is 3. The van der Waals surface area contributed by atoms with Gasteiger partial charge >= 0.3 is 0 Å². The molecule has 0 bridgehead atoms. The number of rotatable bonds is 2. The van der Waals surface area contributed by atoms with Crippen LogP contribution in [-0.2, 0) is 0 Å². The van der Waals surface area contributed by atoms with Gasteiger partial charge in [0.1, 0.15) is 5.82 Å². The van der Waals surface area contributed by atoms with Crippen LogP contribution in [0.4, 0.5) is 4.39 Å². The maximum Gasteiger partial charge on any atom is 0.147 e. The molecule has 0 spiro atoms. The van der Waals surface area contributed by atoms with E-state index < -0.39 is 0 Å². The summed E-state index contributed by atoms with van der Waals surface area (Å²) in [4.78, 5) is 0. The fourth-order valence-electron chi connectivity index (χ4n) is 3.80. The predicted molar refractivity (Wildman–Crippen MR) is 111 cm³/mol. The maximum absolute atomic E-state index is 14.9. The van der Waals surface area contributed by atoms with E-state index in [0.717, 1.165) is 33.1 Å². The first-order chi connectivity index (χ1) is 13.3. The smallest absolute Gasteiger partial charge is 0.147 e. The molecule has 0 aliphatic carbocycles. The summed E-state index contributed by atoms with van der Waals surface area (Å²) in [7, 11) is 0. The van der Waals surface area contributed by atoms with Gasteiger partial charge in [0.05, 0.1) is 16.7 Å². The van der Waals surface area contributed by atoms with E-state index in [1.54, 1.807) is 6.07 Å². The van der Waals surface area contributed by atoms with E-state index in [9.17, 15) is 4.39 Å². The third-order valence-electron chi connectivity index (χ3n) is 4.95. The summed E-state index contributed by atoms with van der Waals surface area (Å²) in [6.07, 6.45) is 0. The molecule has 0 unspecified atom stereocenters. The van der Waals surface area contributed by atoms with Crippen molar-refractivity contribution < 1.29 is 4.39 Å². The predicted octanol–water partition coefficient (Wildman–Crippen LogP) is 7.24. The molecule has 0 N–H and O–H groups in total. The molecule has 0 amide bonds. The molecule has 0 aliphatic rings. The Morgan fingerprint density at radius 3 is 2.15 bits per heavy atom. The van der Waals surface area contributed by atoms with E-state index in [-0.39, 0.29) is 5.82 Å². The summed E-state index contributed by atoms with van der Waals surface area (Å²) in [5.74, 6) is -0.238. The van der Waals surface area contributed by atoms with E-state index in [1.165, 1.54) is 6.07 Å². The second kappa shape index (κ2) is 6.26. The molecule has 0 saturated carbocycles. The molecule has 4 aromatic carbocycles. The van der Waals surface area contributed by atoms with Crippen molar-refractivity contribution in [2.24, 2.45) is 0 Å². The van der Waals surface area contributed by atoms with Gasteiger partial charge in [0.15, 0.2) is 0 Å². The second-order valence-electron chi connectivity index (χ2n) is 6.49. The Hall–Kier alpha value is -3.10. The fraction of sp³-hybridized carbons (Fsp3) is 0. The van der Waals surface area contributed by atoms with Crippen molar-refractivity contribution in [2.45, 2.75) is 0 Å². The lowest BCUT2D eigenvalue weighted by Crippen LogP contribution is -1.98. The highest BCUT2D eigenvalue weighted by atomic mass is 35.5. The van der Waals surface area contributed by atoms with E-state index >= 15 is 0 Å². The van der Waals surface area contributed by atoms with Crippen molar-refractivity contribution in [3.8, 4) is 16.8 Å². The van der Waals surface area contributed by atoms with Crippen LogP contribution in [0.2, 0.25) is 5.02 Å². The lowest BCUT2D eigenvalue weighted by molar-refractivity contribution is 0.635. The zero-order valence-corrected chi connectivity index (χ0v) is 15.1. The molecule has 0 saturated heterocycles. The average Bonchev–Trinajstić information content (AvgIpc) is 3.04. The Bertz CT molecular complexity index is 1300. The molecule has 0 atom stereocenters. The number of hydrogen-bond donors (Lipinski definition) is 0. The molecule has 3 heteroatoms. The lowest BCUT2D eigenvalue weighted by Gasteiger charge is -2.15. The largest absolute Gasteiger partial charge is 0.306 e. The molecule has 1 heterocycles. The highest BCUT2D eigenvalue weighted by Gasteiger charge is 2.18. The molecule has 1 aromatic heterocycles. The third kappa shape index (κ3) is 2.45. The first-order valence-corrected chi connectivity index (χ1v) is 9.15. The van der Waals surface area contributed by atoms with Gasteiger partial charge in [-0.1, -0.05) is 78.3 Å². The highest BCUT2D eigenvalue weighted by molar-refractivity contribution is 6.33. The highest BCUT2D eigenvalue weighted by Crippen LogP contribution is 2.38. The Kier molecular flexibility index (Phi) is 3.73. The normalized spacial score (nSPS) is 11.3. The van der Waals surface area contributed by atoms with E-state index in [1.807, 2.05) is 83.4 Å². The van der Waals surface area contributed by atoms with Gasteiger partial charge in [-0.25, -0.2) is 4.39 Å². The van der Waals surface area contributed by atoms with E-state index in [0.29, 0.717) is 10.5 Å². The zero-order chi connectivity index (χ0) is 18.4. The van der Waals surface area contributed by atoms with Crippen LogP contribution in [0.1, 0.15) is 0 Å². The van der Waals surface area contributed by atoms with Gasteiger partial charge in [0.25, 0.3) is 0 Å². The van der Waals surface area contributed by atoms with Crippen molar-refractivity contribution in [2.75, 3.05) is 0 Å². The molecule has 5 rings (SSSR count). The second-order valence-corrected chi connectivity index (χ2v) is 6.89. The van der Waals surface area contributed by atoms with Crippen molar-refractivity contribution in [1.82, 2.24) is 4.57 Å². The summed E-state index contributed by atoms with van der Waals surface area (Å²) in [5, 5.41) is 2.60. The van der Waals surface area contributed by atoms with Crippen LogP contribution in [0.15, 0.2) is 91.0 Å². The number of aromatic nitrogens is 1. The minimum atomic E-state index is -0.238. The summed E-state index contributed by atoms with van der Waals surface area (Å²) < 4.78 is 16.9. The maximum atomic E-state index is 14.9. The van der Waals surface area contributed by atoms with Crippen LogP contribution < -0.4 is 0 Å². The molecule has 1 nitrogen and oxygen atoms in total. The quantitative estimate of drug-likeness (QED) is 0.308. The molecule has 0 aliphatic heterocycles. The minimum absolute atomic E-state index is 0.238. The van der Waals surface area contributed by atoms with Gasteiger partial charge in [-0.2, -0.15) is 0 Å². The number of hydrogen-bond acceptors (Lipinski definition) is 0. The molecular weight excluding hydrogens is 357 g/mol. The molecule has 0 radical (unpaired) electrons. The lowest BCUT2D eigenvalue weighted by atomic mass is 10.0. The Balaban J connectivity index is 1.95. The SMILES string of the molecule is Fc1cccc2c3ccccc3n(-c3ccccc3-c3ccccc3Cl)c12. The summed E-state index contributed by atoms with van der Waals surface area (Å²) in [6.45, 7) is 0. The summed E-state index contributed by atoms with van der Waals surface area (Å²) >= 11 is 6.48.